The topological polar surface area (TPSA) is 66.6 Å². The molecule has 25 heavy (non-hydrogen) atoms. The molecule has 0 saturated carbocycles. The minimum atomic E-state index is -0.833. The third-order valence-electron chi connectivity index (χ3n) is 4.95. The highest BCUT2D eigenvalue weighted by Crippen LogP contribution is 2.47. The lowest BCUT2D eigenvalue weighted by Gasteiger charge is -2.37. The molecule has 0 aromatic heterocycles. The summed E-state index contributed by atoms with van der Waals surface area (Å²) in [4.78, 5) is 13.6. The average molecular weight is 336 g/mol. The number of fused-ring (bicyclic) bond motifs is 2. The quantitative estimate of drug-likeness (QED) is 0.872. The van der Waals surface area contributed by atoms with E-state index < -0.39 is 5.97 Å². The molecule has 4 nitrogen and oxygen atoms in total. The number of carbonyl (C=O) groups is 1. The van der Waals surface area contributed by atoms with Crippen LogP contribution in [0.3, 0.4) is 0 Å². The van der Waals surface area contributed by atoms with Gasteiger partial charge in [-0.25, -0.2) is 0 Å². The van der Waals surface area contributed by atoms with Gasteiger partial charge in [0.15, 0.2) is 0 Å². The summed E-state index contributed by atoms with van der Waals surface area (Å²) in [6, 6.07) is 10.1. The summed E-state index contributed by atoms with van der Waals surface area (Å²) >= 11 is 0. The van der Waals surface area contributed by atoms with Crippen molar-refractivity contribution < 1.29 is 9.90 Å². The van der Waals surface area contributed by atoms with E-state index in [2.05, 4.69) is 37.5 Å². The van der Waals surface area contributed by atoms with Crippen LogP contribution in [0.1, 0.15) is 34.2 Å². The second-order valence-corrected chi connectivity index (χ2v) is 6.56. The highest BCUT2D eigenvalue weighted by atomic mass is 16.4. The second kappa shape index (κ2) is 6.73. The number of carboxylic acids is 1. The fraction of sp³-hybridized carbons (Fsp3) is 0.286. The van der Waals surface area contributed by atoms with Gasteiger partial charge in [0.1, 0.15) is 0 Å². The Bertz CT molecular complexity index is 855. The number of nitrogens with zero attached hydrogens (tertiary/aromatic N) is 1. The predicted octanol–water partition coefficient (Wildman–Crippen LogP) is 3.79. The zero-order valence-corrected chi connectivity index (χ0v) is 14.8. The number of hydrogen-bond donors (Lipinski definition) is 2. The standard InChI is InChI=1S/C21H24N2O2/c1-13-8-9-17-15(3)20-16(12-19(24)25)6-4-7-18(20)23(11-5-10-22)21(17)14(13)2/h4,6-9H,3,5,10-12,22H2,1-2H3,(H,24,25). The molecule has 1 heterocycles. The molecular formula is C21H24N2O2. The van der Waals surface area contributed by atoms with Gasteiger partial charge in [0.25, 0.3) is 0 Å². The summed E-state index contributed by atoms with van der Waals surface area (Å²) in [7, 11) is 0. The second-order valence-electron chi connectivity index (χ2n) is 6.56. The lowest BCUT2D eigenvalue weighted by Crippen LogP contribution is -2.27. The van der Waals surface area contributed by atoms with Crippen LogP contribution in [-0.2, 0) is 11.2 Å². The lowest BCUT2D eigenvalue weighted by atomic mass is 9.85. The molecule has 0 fully saturated rings. The van der Waals surface area contributed by atoms with Gasteiger partial charge < -0.3 is 15.7 Å². The van der Waals surface area contributed by atoms with Crippen molar-refractivity contribution in [3.8, 4) is 0 Å². The van der Waals surface area contributed by atoms with Crippen LogP contribution in [-0.4, -0.2) is 24.2 Å². The molecule has 3 rings (SSSR count). The van der Waals surface area contributed by atoms with E-state index in [1.165, 1.54) is 16.8 Å². The molecule has 0 atom stereocenters. The number of nitrogens with two attached hydrogens (primary N) is 1. The Morgan fingerprint density at radius 1 is 1.24 bits per heavy atom. The largest absolute Gasteiger partial charge is 0.481 e. The number of aliphatic carboxylic acids is 1. The fourth-order valence-electron chi connectivity index (χ4n) is 3.60. The predicted molar refractivity (Wildman–Crippen MR) is 103 cm³/mol. The van der Waals surface area contributed by atoms with Gasteiger partial charge in [-0.15, -0.1) is 0 Å². The summed E-state index contributed by atoms with van der Waals surface area (Å²) in [5.74, 6) is -0.833. The van der Waals surface area contributed by atoms with Gasteiger partial charge in [-0.3, -0.25) is 4.79 Å². The maximum absolute atomic E-state index is 11.3. The molecule has 0 amide bonds. The molecule has 2 aromatic carbocycles. The number of rotatable bonds is 5. The van der Waals surface area contributed by atoms with Crippen LogP contribution in [0.5, 0.6) is 0 Å². The number of carboxylic acid groups (broad SMARTS) is 1. The first-order valence-electron chi connectivity index (χ1n) is 8.56. The Balaban J connectivity index is 2.24. The number of anilines is 2. The summed E-state index contributed by atoms with van der Waals surface area (Å²) in [6.45, 7) is 9.95. The Hall–Kier alpha value is -2.59. The van der Waals surface area contributed by atoms with Crippen molar-refractivity contribution >= 4 is 22.9 Å². The SMILES string of the molecule is C=C1c2ccc(C)c(C)c2N(CCCN)c2cccc(CC(=O)O)c21. The minimum Gasteiger partial charge on any atom is -0.481 e. The van der Waals surface area contributed by atoms with Gasteiger partial charge in [-0.05, 0) is 55.1 Å². The molecule has 0 radical (unpaired) electrons. The molecule has 2 aromatic rings. The van der Waals surface area contributed by atoms with Gasteiger partial charge in [0.2, 0.25) is 0 Å². The van der Waals surface area contributed by atoms with Crippen LogP contribution in [0, 0.1) is 13.8 Å². The van der Waals surface area contributed by atoms with Gasteiger partial charge in [0, 0.05) is 23.4 Å². The maximum atomic E-state index is 11.3. The molecule has 130 valence electrons. The number of aryl methyl sites for hydroxylation is 1. The summed E-state index contributed by atoms with van der Waals surface area (Å²) in [5, 5.41) is 9.28. The van der Waals surface area contributed by atoms with Crippen molar-refractivity contribution in [1.82, 2.24) is 0 Å². The number of benzene rings is 2. The molecule has 0 bridgehead atoms. The molecule has 1 aliphatic heterocycles. The molecule has 1 aliphatic rings. The van der Waals surface area contributed by atoms with E-state index in [9.17, 15) is 9.90 Å². The lowest BCUT2D eigenvalue weighted by molar-refractivity contribution is -0.136. The first-order chi connectivity index (χ1) is 12.0. The average Bonchev–Trinajstić information content (AvgIpc) is 2.57. The Kier molecular flexibility index (Phi) is 4.64. The third-order valence-corrected chi connectivity index (χ3v) is 4.95. The van der Waals surface area contributed by atoms with Crippen LogP contribution in [0.4, 0.5) is 11.4 Å². The molecule has 3 N–H and O–H groups in total. The molecule has 0 spiro atoms. The van der Waals surface area contributed by atoms with Crippen molar-refractivity contribution in [2.45, 2.75) is 26.7 Å². The smallest absolute Gasteiger partial charge is 0.307 e. The summed E-state index contributed by atoms with van der Waals surface area (Å²) in [6.07, 6.45) is 0.856. The van der Waals surface area contributed by atoms with Crippen LogP contribution in [0.25, 0.3) is 5.57 Å². The van der Waals surface area contributed by atoms with Crippen LogP contribution < -0.4 is 10.6 Å². The highest BCUT2D eigenvalue weighted by Gasteiger charge is 2.29. The van der Waals surface area contributed by atoms with Gasteiger partial charge in [0.05, 0.1) is 12.1 Å². The van der Waals surface area contributed by atoms with E-state index in [4.69, 9.17) is 5.73 Å². The Labute approximate surface area is 148 Å². The van der Waals surface area contributed by atoms with Gasteiger partial charge >= 0.3 is 5.97 Å². The fourth-order valence-corrected chi connectivity index (χ4v) is 3.60. The molecule has 0 unspecified atom stereocenters. The Morgan fingerprint density at radius 3 is 2.68 bits per heavy atom. The van der Waals surface area contributed by atoms with Gasteiger partial charge in [-0.2, -0.15) is 0 Å². The van der Waals surface area contributed by atoms with Crippen molar-refractivity contribution in [3.05, 3.63) is 64.7 Å². The first-order valence-corrected chi connectivity index (χ1v) is 8.56. The van der Waals surface area contributed by atoms with Crippen molar-refractivity contribution in [3.63, 3.8) is 0 Å². The maximum Gasteiger partial charge on any atom is 0.307 e. The zero-order chi connectivity index (χ0) is 18.1. The van der Waals surface area contributed by atoms with E-state index in [0.29, 0.717) is 6.54 Å². The van der Waals surface area contributed by atoms with Gasteiger partial charge in [-0.1, -0.05) is 30.8 Å². The van der Waals surface area contributed by atoms with Crippen LogP contribution in [0.2, 0.25) is 0 Å². The Morgan fingerprint density at radius 2 is 2.00 bits per heavy atom. The zero-order valence-electron chi connectivity index (χ0n) is 14.8. The summed E-state index contributed by atoms with van der Waals surface area (Å²) < 4.78 is 0. The third kappa shape index (κ3) is 2.94. The number of hydrogen-bond acceptors (Lipinski definition) is 3. The van der Waals surface area contributed by atoms with E-state index in [-0.39, 0.29) is 6.42 Å². The summed E-state index contributed by atoms with van der Waals surface area (Å²) in [5.41, 5.74) is 14.1. The van der Waals surface area contributed by atoms with Crippen molar-refractivity contribution in [2.75, 3.05) is 18.0 Å². The van der Waals surface area contributed by atoms with Crippen molar-refractivity contribution in [2.24, 2.45) is 5.73 Å². The van der Waals surface area contributed by atoms with Crippen LogP contribution >= 0.6 is 0 Å². The van der Waals surface area contributed by atoms with E-state index >= 15 is 0 Å². The monoisotopic (exact) mass is 336 g/mol. The normalized spacial score (nSPS) is 12.8. The van der Waals surface area contributed by atoms with E-state index in [0.717, 1.165) is 40.9 Å². The van der Waals surface area contributed by atoms with Crippen molar-refractivity contribution in [1.29, 1.82) is 0 Å². The molecule has 0 aliphatic carbocycles. The molecular weight excluding hydrogens is 312 g/mol. The van der Waals surface area contributed by atoms with E-state index in [1.807, 2.05) is 18.2 Å². The molecule has 4 heteroatoms. The minimum absolute atomic E-state index is 0.00685. The van der Waals surface area contributed by atoms with E-state index in [1.54, 1.807) is 0 Å². The van der Waals surface area contributed by atoms with Crippen LogP contribution in [0.15, 0.2) is 36.9 Å². The molecule has 0 saturated heterocycles. The highest BCUT2D eigenvalue weighted by molar-refractivity contribution is 5.99. The first kappa shape index (κ1) is 17.2.